The molecule has 2 aliphatic rings. The van der Waals surface area contributed by atoms with E-state index in [4.69, 9.17) is 0 Å². The summed E-state index contributed by atoms with van der Waals surface area (Å²) < 4.78 is 0. The van der Waals surface area contributed by atoms with Crippen molar-refractivity contribution >= 4 is 27.4 Å². The zero-order valence-electron chi connectivity index (χ0n) is 14.6. The third-order valence-electron chi connectivity index (χ3n) is 5.59. The molecule has 0 saturated carbocycles. The molecule has 7 heteroatoms. The molecular formula is C18H26N4O2S. The van der Waals surface area contributed by atoms with E-state index >= 15 is 0 Å². The zero-order chi connectivity index (χ0) is 17.4. The van der Waals surface area contributed by atoms with Crippen LogP contribution in [-0.2, 0) is 0 Å². The van der Waals surface area contributed by atoms with Gasteiger partial charge in [-0.25, -0.2) is 9.97 Å². The maximum absolute atomic E-state index is 9.87. The standard InChI is InChI=1S/C18H26N4O2S/c1-12-6-16-17(19-11-20-18(16)25-12)22-8-13(14(9-22)10-23)7-21-4-2-15(24)3-5-21/h6,11,13-15,23-24H,2-5,7-10H2,1H3/t13-,14-/m0/s1. The Morgan fingerprint density at radius 3 is 2.72 bits per heavy atom. The van der Waals surface area contributed by atoms with Crippen LogP contribution in [0, 0.1) is 18.8 Å². The lowest BCUT2D eigenvalue weighted by Gasteiger charge is -2.32. The molecule has 25 heavy (non-hydrogen) atoms. The third-order valence-corrected chi connectivity index (χ3v) is 6.55. The third kappa shape index (κ3) is 3.51. The minimum Gasteiger partial charge on any atom is -0.396 e. The van der Waals surface area contributed by atoms with Crippen LogP contribution < -0.4 is 4.90 Å². The highest BCUT2D eigenvalue weighted by Gasteiger charge is 2.35. The van der Waals surface area contributed by atoms with Gasteiger partial charge < -0.3 is 20.0 Å². The van der Waals surface area contributed by atoms with Crippen LogP contribution in [0.2, 0.25) is 0 Å². The fourth-order valence-corrected chi connectivity index (χ4v) is 5.02. The van der Waals surface area contributed by atoms with E-state index in [9.17, 15) is 10.2 Å². The molecule has 2 N–H and O–H groups in total. The summed E-state index contributed by atoms with van der Waals surface area (Å²) in [6, 6.07) is 2.17. The van der Waals surface area contributed by atoms with Crippen LogP contribution in [0.3, 0.4) is 0 Å². The molecule has 2 aromatic heterocycles. The fraction of sp³-hybridized carbons (Fsp3) is 0.667. The molecule has 4 heterocycles. The second-order valence-electron chi connectivity index (χ2n) is 7.41. The molecule has 4 rings (SSSR count). The number of thiophene rings is 1. The molecule has 2 atom stereocenters. The van der Waals surface area contributed by atoms with Crippen molar-refractivity contribution in [3.05, 3.63) is 17.3 Å². The number of piperidine rings is 1. The summed E-state index contributed by atoms with van der Waals surface area (Å²) in [4.78, 5) is 16.0. The average molecular weight is 362 g/mol. The van der Waals surface area contributed by atoms with E-state index in [1.807, 2.05) is 0 Å². The van der Waals surface area contributed by atoms with E-state index in [-0.39, 0.29) is 18.6 Å². The summed E-state index contributed by atoms with van der Waals surface area (Å²) >= 11 is 1.70. The molecule has 2 saturated heterocycles. The average Bonchev–Trinajstić information content (AvgIpc) is 3.18. The van der Waals surface area contributed by atoms with Gasteiger partial charge in [-0.1, -0.05) is 0 Å². The Morgan fingerprint density at radius 1 is 1.20 bits per heavy atom. The Kier molecular flexibility index (Phi) is 4.90. The fourth-order valence-electron chi connectivity index (χ4n) is 4.17. The molecule has 0 aromatic carbocycles. The Hall–Kier alpha value is -1.28. The summed E-state index contributed by atoms with van der Waals surface area (Å²) in [7, 11) is 0. The van der Waals surface area contributed by atoms with Crippen molar-refractivity contribution in [3.63, 3.8) is 0 Å². The van der Waals surface area contributed by atoms with Crippen molar-refractivity contribution in [1.82, 2.24) is 14.9 Å². The largest absolute Gasteiger partial charge is 0.396 e. The molecule has 6 nitrogen and oxygen atoms in total. The topological polar surface area (TPSA) is 72.7 Å². The summed E-state index contributed by atoms with van der Waals surface area (Å²) in [5.74, 6) is 1.71. The maximum Gasteiger partial charge on any atom is 0.140 e. The number of aliphatic hydroxyl groups is 2. The van der Waals surface area contributed by atoms with Gasteiger partial charge in [0.25, 0.3) is 0 Å². The Balaban J connectivity index is 1.50. The van der Waals surface area contributed by atoms with E-state index in [2.05, 4.69) is 32.8 Å². The quantitative estimate of drug-likeness (QED) is 0.859. The van der Waals surface area contributed by atoms with Gasteiger partial charge in [0.15, 0.2) is 0 Å². The van der Waals surface area contributed by atoms with Crippen LogP contribution in [-0.4, -0.2) is 70.5 Å². The highest BCUT2D eigenvalue weighted by molar-refractivity contribution is 7.18. The lowest BCUT2D eigenvalue weighted by atomic mass is 9.95. The van der Waals surface area contributed by atoms with Crippen molar-refractivity contribution in [2.45, 2.75) is 25.9 Å². The minimum absolute atomic E-state index is 0.138. The number of aryl methyl sites for hydroxylation is 1. The molecule has 0 spiro atoms. The lowest BCUT2D eigenvalue weighted by molar-refractivity contribution is 0.0687. The van der Waals surface area contributed by atoms with Gasteiger partial charge in [0, 0.05) is 50.1 Å². The van der Waals surface area contributed by atoms with E-state index in [0.717, 1.165) is 61.6 Å². The van der Waals surface area contributed by atoms with Crippen LogP contribution in [0.15, 0.2) is 12.4 Å². The first-order valence-corrected chi connectivity index (χ1v) is 9.93. The molecule has 0 aliphatic carbocycles. The van der Waals surface area contributed by atoms with Crippen LogP contribution in [0.5, 0.6) is 0 Å². The highest BCUT2D eigenvalue weighted by atomic mass is 32.1. The first-order chi connectivity index (χ1) is 12.1. The highest BCUT2D eigenvalue weighted by Crippen LogP contribution is 2.34. The molecule has 0 bridgehead atoms. The number of hydrogen-bond acceptors (Lipinski definition) is 7. The second-order valence-corrected chi connectivity index (χ2v) is 8.65. The Bertz CT molecular complexity index is 729. The van der Waals surface area contributed by atoms with Crippen LogP contribution >= 0.6 is 11.3 Å². The molecule has 136 valence electrons. The summed E-state index contributed by atoms with van der Waals surface area (Å²) in [5, 5.41) is 20.7. The van der Waals surface area contributed by atoms with Gasteiger partial charge in [0.2, 0.25) is 0 Å². The number of rotatable bonds is 4. The number of aliphatic hydroxyl groups excluding tert-OH is 2. The van der Waals surface area contributed by atoms with E-state index in [1.165, 1.54) is 4.88 Å². The van der Waals surface area contributed by atoms with E-state index < -0.39 is 0 Å². The smallest absolute Gasteiger partial charge is 0.140 e. The van der Waals surface area contributed by atoms with Crippen molar-refractivity contribution in [2.75, 3.05) is 44.2 Å². The molecule has 0 unspecified atom stereocenters. The number of aromatic nitrogens is 2. The number of fused-ring (bicyclic) bond motifs is 1. The Morgan fingerprint density at radius 2 is 1.96 bits per heavy atom. The number of nitrogens with zero attached hydrogens (tertiary/aromatic N) is 4. The van der Waals surface area contributed by atoms with Crippen LogP contribution in [0.25, 0.3) is 10.2 Å². The normalized spacial score (nSPS) is 26.0. The van der Waals surface area contributed by atoms with Gasteiger partial charge in [0.05, 0.1) is 11.5 Å². The first-order valence-electron chi connectivity index (χ1n) is 9.11. The molecule has 0 radical (unpaired) electrons. The van der Waals surface area contributed by atoms with Crippen LogP contribution in [0.1, 0.15) is 17.7 Å². The number of hydrogen-bond donors (Lipinski definition) is 2. The lowest BCUT2D eigenvalue weighted by Crippen LogP contribution is -2.40. The van der Waals surface area contributed by atoms with Crippen molar-refractivity contribution in [1.29, 1.82) is 0 Å². The van der Waals surface area contributed by atoms with Gasteiger partial charge in [-0.15, -0.1) is 11.3 Å². The Labute approximate surface area is 152 Å². The summed E-state index contributed by atoms with van der Waals surface area (Å²) in [6.07, 6.45) is 3.24. The van der Waals surface area contributed by atoms with Crippen molar-refractivity contribution in [3.8, 4) is 0 Å². The van der Waals surface area contributed by atoms with Crippen LogP contribution in [0.4, 0.5) is 5.82 Å². The predicted octanol–water partition coefficient (Wildman–Crippen LogP) is 1.50. The van der Waals surface area contributed by atoms with Gasteiger partial charge >= 0.3 is 0 Å². The monoisotopic (exact) mass is 362 g/mol. The summed E-state index contributed by atoms with van der Waals surface area (Å²) in [6.45, 7) is 6.99. The van der Waals surface area contributed by atoms with Gasteiger partial charge in [-0.2, -0.15) is 0 Å². The SMILES string of the molecule is Cc1cc2c(N3C[C@@H](CO)[C@@H](CN4CCC(O)CC4)C3)ncnc2s1. The molecule has 2 aromatic rings. The van der Waals surface area contributed by atoms with Gasteiger partial charge in [-0.05, 0) is 31.7 Å². The summed E-state index contributed by atoms with van der Waals surface area (Å²) in [5.41, 5.74) is 0. The molecular weight excluding hydrogens is 336 g/mol. The molecule has 2 fully saturated rings. The van der Waals surface area contributed by atoms with Gasteiger partial charge in [0.1, 0.15) is 17.0 Å². The molecule has 0 amide bonds. The molecule has 2 aliphatic heterocycles. The zero-order valence-corrected chi connectivity index (χ0v) is 15.5. The minimum atomic E-state index is -0.138. The number of likely N-dealkylation sites (tertiary alicyclic amines) is 1. The second kappa shape index (κ2) is 7.15. The maximum atomic E-state index is 9.87. The van der Waals surface area contributed by atoms with Crippen molar-refractivity contribution < 1.29 is 10.2 Å². The van der Waals surface area contributed by atoms with E-state index in [0.29, 0.717) is 5.92 Å². The van der Waals surface area contributed by atoms with E-state index in [1.54, 1.807) is 17.7 Å². The van der Waals surface area contributed by atoms with Gasteiger partial charge in [-0.3, -0.25) is 0 Å². The number of anilines is 1. The first kappa shape index (κ1) is 17.1. The predicted molar refractivity (Wildman–Crippen MR) is 100 cm³/mol. The van der Waals surface area contributed by atoms with Crippen molar-refractivity contribution in [2.24, 2.45) is 11.8 Å².